The highest BCUT2D eigenvalue weighted by Gasteiger charge is 2.15. The Kier molecular flexibility index (Phi) is 3.85. The highest BCUT2D eigenvalue weighted by Crippen LogP contribution is 2.35. The van der Waals surface area contributed by atoms with Crippen molar-refractivity contribution in [1.29, 1.82) is 0 Å². The van der Waals surface area contributed by atoms with Crippen LogP contribution in [-0.2, 0) is 6.42 Å². The SMILES string of the molecule is Nc1c(F)ccc(O)c1-c1cc(Cc2ccc(Br)cc2)n[nH]1. The van der Waals surface area contributed by atoms with Crippen LogP contribution in [0.4, 0.5) is 10.1 Å². The average Bonchev–Trinajstić information content (AvgIpc) is 2.94. The van der Waals surface area contributed by atoms with Crippen LogP contribution in [0.15, 0.2) is 46.9 Å². The molecule has 0 spiro atoms. The molecule has 0 aliphatic carbocycles. The Labute approximate surface area is 134 Å². The Hall–Kier alpha value is -2.34. The molecule has 0 atom stereocenters. The smallest absolute Gasteiger partial charge is 0.147 e. The van der Waals surface area contributed by atoms with E-state index in [1.807, 2.05) is 24.3 Å². The normalized spacial score (nSPS) is 10.8. The Morgan fingerprint density at radius 1 is 1.18 bits per heavy atom. The minimum absolute atomic E-state index is 0.0854. The summed E-state index contributed by atoms with van der Waals surface area (Å²) in [6.45, 7) is 0. The Balaban J connectivity index is 1.91. The van der Waals surface area contributed by atoms with Crippen molar-refractivity contribution >= 4 is 21.6 Å². The number of halogens is 2. The summed E-state index contributed by atoms with van der Waals surface area (Å²) >= 11 is 3.39. The van der Waals surface area contributed by atoms with Crippen molar-refractivity contribution in [3.05, 3.63) is 64.0 Å². The lowest BCUT2D eigenvalue weighted by Gasteiger charge is -2.06. The molecule has 112 valence electrons. The van der Waals surface area contributed by atoms with E-state index in [1.165, 1.54) is 6.07 Å². The Morgan fingerprint density at radius 3 is 2.64 bits per heavy atom. The van der Waals surface area contributed by atoms with E-state index in [4.69, 9.17) is 5.73 Å². The van der Waals surface area contributed by atoms with Crippen LogP contribution in [0.25, 0.3) is 11.3 Å². The van der Waals surface area contributed by atoms with E-state index >= 15 is 0 Å². The van der Waals surface area contributed by atoms with Gasteiger partial charge in [0.05, 0.1) is 22.6 Å². The van der Waals surface area contributed by atoms with Gasteiger partial charge >= 0.3 is 0 Å². The number of aromatic amines is 1. The van der Waals surface area contributed by atoms with Gasteiger partial charge in [-0.3, -0.25) is 5.10 Å². The number of phenols is 1. The van der Waals surface area contributed by atoms with Gasteiger partial charge in [0.25, 0.3) is 0 Å². The maximum Gasteiger partial charge on any atom is 0.147 e. The highest BCUT2D eigenvalue weighted by molar-refractivity contribution is 9.10. The third kappa shape index (κ3) is 2.82. The van der Waals surface area contributed by atoms with Crippen LogP contribution >= 0.6 is 15.9 Å². The zero-order valence-corrected chi connectivity index (χ0v) is 13.1. The number of anilines is 1. The molecular formula is C16H13BrFN3O. The summed E-state index contributed by atoms with van der Waals surface area (Å²) in [5.41, 5.74) is 8.20. The third-order valence-electron chi connectivity index (χ3n) is 3.37. The second kappa shape index (κ2) is 5.81. The van der Waals surface area contributed by atoms with Gasteiger partial charge in [0.1, 0.15) is 11.6 Å². The molecule has 6 heteroatoms. The number of nitrogens with one attached hydrogen (secondary N) is 1. The van der Waals surface area contributed by atoms with E-state index in [9.17, 15) is 9.50 Å². The molecule has 0 radical (unpaired) electrons. The molecule has 3 rings (SSSR count). The van der Waals surface area contributed by atoms with Crippen molar-refractivity contribution in [3.8, 4) is 17.0 Å². The summed E-state index contributed by atoms with van der Waals surface area (Å²) in [7, 11) is 0. The van der Waals surface area contributed by atoms with Crippen molar-refractivity contribution in [2.45, 2.75) is 6.42 Å². The molecule has 3 aromatic rings. The Morgan fingerprint density at radius 2 is 1.91 bits per heavy atom. The number of phenolic OH excluding ortho intramolecular Hbond substituents is 1. The molecular weight excluding hydrogens is 349 g/mol. The first-order valence-corrected chi connectivity index (χ1v) is 7.40. The summed E-state index contributed by atoms with van der Waals surface area (Å²) < 4.78 is 14.6. The molecule has 1 heterocycles. The van der Waals surface area contributed by atoms with Crippen LogP contribution in [0.3, 0.4) is 0 Å². The molecule has 0 fully saturated rings. The second-order valence-electron chi connectivity index (χ2n) is 4.93. The lowest BCUT2D eigenvalue weighted by Crippen LogP contribution is -1.95. The quantitative estimate of drug-likeness (QED) is 0.620. The fraction of sp³-hybridized carbons (Fsp3) is 0.0625. The van der Waals surface area contributed by atoms with Crippen molar-refractivity contribution in [3.63, 3.8) is 0 Å². The highest BCUT2D eigenvalue weighted by atomic mass is 79.9. The van der Waals surface area contributed by atoms with Crippen LogP contribution < -0.4 is 5.73 Å². The fourth-order valence-electron chi connectivity index (χ4n) is 2.26. The van der Waals surface area contributed by atoms with Gasteiger partial charge < -0.3 is 10.8 Å². The van der Waals surface area contributed by atoms with E-state index in [1.54, 1.807) is 6.07 Å². The molecule has 0 saturated carbocycles. The standard InChI is InChI=1S/C16H13BrFN3O/c17-10-3-1-9(2-4-10)7-11-8-13(21-20-11)15-14(22)6-5-12(18)16(15)19/h1-6,8,22H,7,19H2,(H,20,21). The maximum absolute atomic E-state index is 13.6. The number of rotatable bonds is 3. The van der Waals surface area contributed by atoms with Gasteiger partial charge in [-0.25, -0.2) is 4.39 Å². The molecule has 0 saturated heterocycles. The summed E-state index contributed by atoms with van der Waals surface area (Å²) in [6, 6.07) is 12.1. The van der Waals surface area contributed by atoms with Crippen LogP contribution in [0.2, 0.25) is 0 Å². The van der Waals surface area contributed by atoms with Crippen LogP contribution in [0, 0.1) is 5.82 Å². The second-order valence-corrected chi connectivity index (χ2v) is 5.85. The average molecular weight is 362 g/mol. The topological polar surface area (TPSA) is 74.9 Å². The predicted molar refractivity (Wildman–Crippen MR) is 87.0 cm³/mol. The van der Waals surface area contributed by atoms with E-state index < -0.39 is 5.82 Å². The van der Waals surface area contributed by atoms with Crippen molar-refractivity contribution in [1.82, 2.24) is 10.2 Å². The number of hydrogen-bond donors (Lipinski definition) is 3. The number of H-pyrrole nitrogens is 1. The first kappa shape index (κ1) is 14.6. The van der Waals surface area contributed by atoms with Gasteiger partial charge in [0.2, 0.25) is 0 Å². The minimum Gasteiger partial charge on any atom is -0.507 e. The van der Waals surface area contributed by atoms with Crippen molar-refractivity contribution < 1.29 is 9.50 Å². The number of nitrogens with two attached hydrogens (primary N) is 1. The van der Waals surface area contributed by atoms with Gasteiger partial charge in [-0.2, -0.15) is 5.10 Å². The van der Waals surface area contributed by atoms with Crippen molar-refractivity contribution in [2.24, 2.45) is 0 Å². The lowest BCUT2D eigenvalue weighted by molar-refractivity contribution is 0.475. The fourth-order valence-corrected chi connectivity index (χ4v) is 2.52. The molecule has 0 aliphatic heterocycles. The monoisotopic (exact) mass is 361 g/mol. The number of hydrogen-bond acceptors (Lipinski definition) is 3. The summed E-state index contributed by atoms with van der Waals surface area (Å²) in [5, 5.41) is 16.9. The van der Waals surface area contributed by atoms with E-state index in [-0.39, 0.29) is 17.0 Å². The molecule has 4 N–H and O–H groups in total. The van der Waals surface area contributed by atoms with Gasteiger partial charge in [-0.15, -0.1) is 0 Å². The first-order chi connectivity index (χ1) is 10.5. The van der Waals surface area contributed by atoms with Gasteiger partial charge in [-0.1, -0.05) is 28.1 Å². The number of benzene rings is 2. The van der Waals surface area contributed by atoms with E-state index in [2.05, 4.69) is 26.1 Å². The summed E-state index contributed by atoms with van der Waals surface area (Å²) in [6.07, 6.45) is 0.625. The predicted octanol–water partition coefficient (Wildman–Crippen LogP) is 3.86. The van der Waals surface area contributed by atoms with E-state index in [0.717, 1.165) is 21.8 Å². The van der Waals surface area contributed by atoms with Crippen LogP contribution in [0.1, 0.15) is 11.3 Å². The molecule has 1 aromatic heterocycles. The first-order valence-electron chi connectivity index (χ1n) is 6.60. The zero-order valence-electron chi connectivity index (χ0n) is 11.5. The summed E-state index contributed by atoms with van der Waals surface area (Å²) in [4.78, 5) is 0. The van der Waals surface area contributed by atoms with E-state index in [0.29, 0.717) is 12.1 Å². The molecule has 0 bridgehead atoms. The molecule has 4 nitrogen and oxygen atoms in total. The third-order valence-corrected chi connectivity index (χ3v) is 3.90. The molecule has 0 amide bonds. The van der Waals surface area contributed by atoms with Crippen LogP contribution in [0.5, 0.6) is 5.75 Å². The lowest BCUT2D eigenvalue weighted by atomic mass is 10.1. The maximum atomic E-state index is 13.6. The van der Waals surface area contributed by atoms with Gasteiger partial charge in [0, 0.05) is 10.9 Å². The number of aromatic nitrogens is 2. The number of nitrogen functional groups attached to an aromatic ring is 1. The minimum atomic E-state index is -0.572. The Bertz CT molecular complexity index is 815. The molecule has 2 aromatic carbocycles. The van der Waals surface area contributed by atoms with Crippen molar-refractivity contribution in [2.75, 3.05) is 5.73 Å². The summed E-state index contributed by atoms with van der Waals surface area (Å²) in [5.74, 6) is -0.658. The van der Waals surface area contributed by atoms with Gasteiger partial charge in [0.15, 0.2) is 0 Å². The number of aromatic hydroxyl groups is 1. The van der Waals surface area contributed by atoms with Gasteiger partial charge in [-0.05, 0) is 35.9 Å². The van der Waals surface area contributed by atoms with Crippen LogP contribution in [-0.4, -0.2) is 15.3 Å². The molecule has 0 aliphatic rings. The number of nitrogens with zero attached hydrogens (tertiary/aromatic N) is 1. The zero-order chi connectivity index (χ0) is 15.7. The molecule has 22 heavy (non-hydrogen) atoms. The largest absolute Gasteiger partial charge is 0.507 e. The molecule has 0 unspecified atom stereocenters.